The molecule has 6 rings (SSSR count). The van der Waals surface area contributed by atoms with E-state index in [0.29, 0.717) is 9.79 Å². The van der Waals surface area contributed by atoms with Gasteiger partial charge in [0.05, 0.1) is 9.79 Å². The highest BCUT2D eigenvalue weighted by Crippen LogP contribution is 2.47. The van der Waals surface area contributed by atoms with Gasteiger partial charge in [0.15, 0.2) is 0 Å². The zero-order valence-electron chi connectivity index (χ0n) is 38.3. The normalized spacial score (nSPS) is 12.0. The first-order valence-corrected chi connectivity index (χ1v) is 22.0. The van der Waals surface area contributed by atoms with E-state index in [1.165, 1.54) is 40.3 Å². The predicted molar refractivity (Wildman–Crippen MR) is 246 cm³/mol. The molecule has 0 amide bonds. The lowest BCUT2D eigenvalue weighted by atomic mass is 9.74. The van der Waals surface area contributed by atoms with Crippen LogP contribution in [0, 0.1) is 83.1 Å². The highest BCUT2D eigenvalue weighted by molar-refractivity contribution is 7.91. The Morgan fingerprint density at radius 1 is 0.333 bits per heavy atom. The van der Waals surface area contributed by atoms with Crippen molar-refractivity contribution in [3.8, 4) is 0 Å². The lowest BCUT2D eigenvalue weighted by molar-refractivity contribution is -0.173. The summed E-state index contributed by atoms with van der Waals surface area (Å²) in [4.78, 5) is 0.720. The van der Waals surface area contributed by atoms with Crippen LogP contribution in [0.1, 0.15) is 110 Å². The molecule has 0 aliphatic rings. The third-order valence-electron chi connectivity index (χ3n) is 12.8. The molecular weight excluding hydrogens is 770 g/mol. The van der Waals surface area contributed by atoms with Crippen LogP contribution < -0.4 is 0 Å². The zero-order chi connectivity index (χ0) is 45.1. The van der Waals surface area contributed by atoms with Gasteiger partial charge in [-0.25, -0.2) is 8.42 Å². The summed E-state index contributed by atoms with van der Waals surface area (Å²) in [5.41, 5.74) is 14.8. The lowest BCUT2D eigenvalue weighted by Crippen LogP contribution is -2.40. The van der Waals surface area contributed by atoms with Crippen molar-refractivity contribution >= 4 is 9.84 Å². The van der Waals surface area contributed by atoms with Crippen LogP contribution in [0.2, 0.25) is 0 Å². The summed E-state index contributed by atoms with van der Waals surface area (Å²) < 4.78 is 66.9. The number of aryl methyl sites for hydroxylation is 12. The minimum Gasteiger partial charge on any atom is -0.219 e. The first kappa shape index (κ1) is 47.7. The Morgan fingerprint density at radius 2 is 0.567 bits per heavy atom. The molecular formula is C54H63F3O2S. The van der Waals surface area contributed by atoms with Crippen molar-refractivity contribution in [1.82, 2.24) is 0 Å². The molecule has 0 saturated heterocycles. The molecule has 0 bridgehead atoms. The second-order valence-electron chi connectivity index (χ2n) is 17.4. The van der Waals surface area contributed by atoms with Gasteiger partial charge in [-0.15, -0.1) is 0 Å². The molecule has 60 heavy (non-hydrogen) atoms. The third-order valence-corrected chi connectivity index (χ3v) is 14.5. The molecule has 0 spiro atoms. The number of sulfone groups is 1. The van der Waals surface area contributed by atoms with Crippen LogP contribution >= 0.6 is 0 Å². The van der Waals surface area contributed by atoms with Crippen molar-refractivity contribution in [3.63, 3.8) is 0 Å². The zero-order valence-corrected chi connectivity index (χ0v) is 39.1. The minimum atomic E-state index is -4.36. The Balaban J connectivity index is 0.000000199. The molecule has 0 fully saturated rings. The summed E-state index contributed by atoms with van der Waals surface area (Å²) in [5.74, 6) is 0. The van der Waals surface area contributed by atoms with Crippen LogP contribution in [-0.4, -0.2) is 14.6 Å². The van der Waals surface area contributed by atoms with Crippen molar-refractivity contribution in [3.05, 3.63) is 198 Å². The number of rotatable bonds is 6. The number of halogens is 3. The van der Waals surface area contributed by atoms with E-state index in [9.17, 15) is 21.6 Å². The van der Waals surface area contributed by atoms with Crippen molar-refractivity contribution in [2.75, 3.05) is 0 Å². The van der Waals surface area contributed by atoms with Crippen molar-refractivity contribution in [2.24, 2.45) is 0 Å². The molecule has 0 unspecified atom stereocenters. The Bertz CT molecular complexity index is 2450. The third kappa shape index (κ3) is 10.3. The molecule has 6 heteroatoms. The van der Waals surface area contributed by atoms with Gasteiger partial charge in [0.25, 0.3) is 0 Å². The second-order valence-corrected chi connectivity index (χ2v) is 19.4. The number of hydrogen-bond donors (Lipinski definition) is 0. The highest BCUT2D eigenvalue weighted by Gasteiger charge is 2.53. The average molecular weight is 833 g/mol. The van der Waals surface area contributed by atoms with Gasteiger partial charge in [-0.05, 0) is 203 Å². The monoisotopic (exact) mass is 832 g/mol. The van der Waals surface area contributed by atoms with E-state index in [0.717, 1.165) is 44.5 Å². The second kappa shape index (κ2) is 18.4. The smallest absolute Gasteiger partial charge is 0.219 e. The largest absolute Gasteiger partial charge is 0.402 e. The Labute approximate surface area is 358 Å². The Hall–Kier alpha value is -4.94. The van der Waals surface area contributed by atoms with E-state index in [1.54, 1.807) is 60.7 Å². The maximum absolute atomic E-state index is 13.9. The van der Waals surface area contributed by atoms with Crippen LogP contribution in [0.4, 0.5) is 13.2 Å². The molecule has 0 atom stereocenters. The van der Waals surface area contributed by atoms with E-state index >= 15 is 0 Å². The molecule has 0 aliphatic heterocycles. The van der Waals surface area contributed by atoms with Crippen LogP contribution in [0.3, 0.4) is 0 Å². The first-order chi connectivity index (χ1) is 27.7. The van der Waals surface area contributed by atoms with Crippen LogP contribution in [0.15, 0.2) is 119 Å². The molecule has 2 nitrogen and oxygen atoms in total. The van der Waals surface area contributed by atoms with Gasteiger partial charge >= 0.3 is 6.18 Å². The fourth-order valence-electron chi connectivity index (χ4n) is 6.92. The van der Waals surface area contributed by atoms with Gasteiger partial charge in [-0.2, -0.15) is 13.2 Å². The fraction of sp³-hybridized carbons (Fsp3) is 0.333. The molecule has 0 radical (unpaired) electrons. The van der Waals surface area contributed by atoms with Crippen molar-refractivity contribution in [1.29, 1.82) is 0 Å². The summed E-state index contributed by atoms with van der Waals surface area (Å²) in [6.45, 7) is 29.9. The molecule has 0 aliphatic carbocycles. The fourth-order valence-corrected chi connectivity index (χ4v) is 8.35. The van der Waals surface area contributed by atoms with E-state index < -0.39 is 21.4 Å². The number of hydrogen-bond acceptors (Lipinski definition) is 2. The van der Waals surface area contributed by atoms with Gasteiger partial charge in [0.1, 0.15) is 5.41 Å². The Kier molecular flexibility index (Phi) is 14.6. The van der Waals surface area contributed by atoms with E-state index in [4.69, 9.17) is 0 Å². The maximum Gasteiger partial charge on any atom is 0.402 e. The van der Waals surface area contributed by atoms with Gasteiger partial charge < -0.3 is 0 Å². The summed E-state index contributed by atoms with van der Waals surface area (Å²) in [6, 6.07) is 34.1. The highest BCUT2D eigenvalue weighted by atomic mass is 32.2. The van der Waals surface area contributed by atoms with E-state index in [1.807, 2.05) is 67.5 Å². The SMILES string of the molecule is Cc1ccc(C(C)(C)c2ccc(C)c(C)c2)cc1C.Cc1ccc(C(C)(c2ccc(C)c(C)c2)C(F)(F)F)cc1C.Cc1ccc(S(=O)(=O)c2ccc(C)c(C)c2)cc1C. The Morgan fingerprint density at radius 3 is 0.817 bits per heavy atom. The van der Waals surface area contributed by atoms with Crippen LogP contribution in [0.5, 0.6) is 0 Å². The topological polar surface area (TPSA) is 34.1 Å². The molecule has 0 saturated carbocycles. The summed E-state index contributed by atoms with van der Waals surface area (Å²) in [6.07, 6.45) is -4.36. The van der Waals surface area contributed by atoms with E-state index in [-0.39, 0.29) is 16.5 Å². The molecule has 0 heterocycles. The number of benzene rings is 6. The van der Waals surface area contributed by atoms with Gasteiger partial charge in [0.2, 0.25) is 9.84 Å². The quantitative estimate of drug-likeness (QED) is 0.168. The molecule has 0 N–H and O–H groups in total. The lowest BCUT2D eigenvalue weighted by Gasteiger charge is -2.34. The van der Waals surface area contributed by atoms with Gasteiger partial charge in [-0.3, -0.25) is 0 Å². The van der Waals surface area contributed by atoms with Crippen LogP contribution in [0.25, 0.3) is 0 Å². The van der Waals surface area contributed by atoms with Crippen LogP contribution in [-0.2, 0) is 20.7 Å². The summed E-state index contributed by atoms with van der Waals surface area (Å²) in [5, 5.41) is 0. The summed E-state index contributed by atoms with van der Waals surface area (Å²) >= 11 is 0. The van der Waals surface area contributed by atoms with Gasteiger partial charge in [0, 0.05) is 5.41 Å². The minimum absolute atomic E-state index is 0.0525. The standard InChI is InChI=1S/C19H21F3.C19H24.C16H18O2S/c1-12-6-8-16(10-14(12)3)18(5,19(20,21)22)17-9-7-13(2)15(4)11-17;1-13-7-9-17(11-15(13)3)19(5,6)18-10-8-14(2)16(4)12-18;1-11-5-7-15(9-13(11)3)19(17,18)16-8-6-12(2)14(4)10-16/h6-11H,1-5H3;7-12H,1-6H3;5-10H,1-4H3. The molecule has 6 aromatic carbocycles. The predicted octanol–water partition coefficient (Wildman–Crippen LogP) is 14.8. The first-order valence-electron chi connectivity index (χ1n) is 20.5. The average Bonchev–Trinajstić information content (AvgIpc) is 3.17. The van der Waals surface area contributed by atoms with Crippen molar-refractivity contribution < 1.29 is 21.6 Å². The van der Waals surface area contributed by atoms with Crippen molar-refractivity contribution in [2.45, 2.75) is 131 Å². The molecule has 0 aromatic heterocycles. The molecule has 318 valence electrons. The van der Waals surface area contributed by atoms with E-state index in [2.05, 4.69) is 77.9 Å². The maximum atomic E-state index is 13.9. The summed E-state index contributed by atoms with van der Waals surface area (Å²) in [7, 11) is -3.42. The number of alkyl halides is 3. The van der Waals surface area contributed by atoms with Gasteiger partial charge in [-0.1, -0.05) is 98.8 Å². The molecule has 6 aromatic rings.